The molecule has 0 bridgehead atoms. The van der Waals surface area contributed by atoms with Crippen LogP contribution in [0.5, 0.6) is 0 Å². The summed E-state index contributed by atoms with van der Waals surface area (Å²) in [6, 6.07) is 12.5. The number of ketones is 1. The molecule has 0 fully saturated rings. The van der Waals surface area contributed by atoms with E-state index in [2.05, 4.69) is 11.1 Å². The Hall–Kier alpha value is -2.66. The number of carbonyl (C=O) groups excluding carboxylic acids is 1. The fourth-order valence-corrected chi connectivity index (χ4v) is 4.18. The number of pyridine rings is 1. The van der Waals surface area contributed by atoms with Gasteiger partial charge in [0.15, 0.2) is 5.78 Å². The smallest absolute Gasteiger partial charge is 0.339 e. The van der Waals surface area contributed by atoms with Gasteiger partial charge >= 0.3 is 5.97 Å². The van der Waals surface area contributed by atoms with Crippen molar-refractivity contribution in [3.8, 4) is 0 Å². The Morgan fingerprint density at radius 1 is 1.19 bits per heavy atom. The van der Waals surface area contributed by atoms with Crippen LogP contribution >= 0.6 is 11.8 Å². The largest absolute Gasteiger partial charge is 0.478 e. The molecular weight excluding hydrogens is 346 g/mol. The first-order valence-electron chi connectivity index (χ1n) is 8.32. The molecule has 0 spiro atoms. The number of aliphatic carboxylic acids is 1. The number of allylic oxidation sites excluding steroid dienone is 1. The third-order valence-corrected chi connectivity index (χ3v) is 5.68. The summed E-state index contributed by atoms with van der Waals surface area (Å²) < 4.78 is 0. The molecule has 1 aliphatic heterocycles. The van der Waals surface area contributed by atoms with Crippen LogP contribution in [-0.4, -0.2) is 27.1 Å². The molecule has 26 heavy (non-hydrogen) atoms. The van der Waals surface area contributed by atoms with Gasteiger partial charge in [0.1, 0.15) is 5.57 Å². The number of aryl methyl sites for hydroxylation is 1. The highest BCUT2D eigenvalue weighted by Gasteiger charge is 2.28. The van der Waals surface area contributed by atoms with Crippen LogP contribution in [0.1, 0.15) is 28.5 Å². The van der Waals surface area contributed by atoms with Crippen molar-refractivity contribution in [3.05, 3.63) is 83.2 Å². The van der Waals surface area contributed by atoms with E-state index in [1.165, 1.54) is 0 Å². The molecule has 0 aliphatic carbocycles. The van der Waals surface area contributed by atoms with Gasteiger partial charge in [0.2, 0.25) is 0 Å². The number of Topliss-reactive ketones (excluding diaryl/α,β-unsaturated/α-hetero) is 1. The molecule has 0 amide bonds. The molecule has 132 valence electrons. The van der Waals surface area contributed by atoms with Crippen molar-refractivity contribution in [1.82, 2.24) is 4.98 Å². The predicted octanol–water partition coefficient (Wildman–Crippen LogP) is 4.38. The molecule has 2 heterocycles. The van der Waals surface area contributed by atoms with E-state index in [-0.39, 0.29) is 16.7 Å². The van der Waals surface area contributed by atoms with Gasteiger partial charge in [-0.3, -0.25) is 9.78 Å². The lowest BCUT2D eigenvalue weighted by molar-refractivity contribution is -0.132. The normalized spacial score (nSPS) is 19.9. The first-order chi connectivity index (χ1) is 12.5. The van der Waals surface area contributed by atoms with E-state index >= 15 is 0 Å². The molecule has 2 unspecified atom stereocenters. The summed E-state index contributed by atoms with van der Waals surface area (Å²) in [5.41, 5.74) is 2.20. The van der Waals surface area contributed by atoms with Crippen LogP contribution in [0, 0.1) is 12.8 Å². The van der Waals surface area contributed by atoms with Crippen LogP contribution in [0.4, 0.5) is 0 Å². The molecule has 4 nitrogen and oxygen atoms in total. The first kappa shape index (κ1) is 18.1. The Kier molecular flexibility index (Phi) is 5.38. The van der Waals surface area contributed by atoms with Gasteiger partial charge in [-0.25, -0.2) is 4.79 Å². The topological polar surface area (TPSA) is 67.3 Å². The van der Waals surface area contributed by atoms with E-state index in [0.717, 1.165) is 16.2 Å². The molecule has 1 aromatic carbocycles. The van der Waals surface area contributed by atoms with Gasteiger partial charge in [0, 0.05) is 27.6 Å². The number of aromatic nitrogens is 1. The fourth-order valence-electron chi connectivity index (χ4n) is 2.83. The number of benzene rings is 1. The van der Waals surface area contributed by atoms with E-state index in [9.17, 15) is 14.7 Å². The number of carboxylic acid groups (broad SMARTS) is 1. The minimum absolute atomic E-state index is 0.0998. The van der Waals surface area contributed by atoms with Crippen LogP contribution in [0.15, 0.2) is 66.4 Å². The quantitative estimate of drug-likeness (QED) is 0.369. The molecule has 0 radical (unpaired) electrons. The number of nitrogens with zero attached hydrogens (tertiary/aromatic N) is 1. The van der Waals surface area contributed by atoms with Crippen LogP contribution in [0.3, 0.4) is 0 Å². The number of carbonyl (C=O) groups is 2. The van der Waals surface area contributed by atoms with Gasteiger partial charge in [-0.2, -0.15) is 0 Å². The number of hydrogen-bond donors (Lipinski definition) is 1. The van der Waals surface area contributed by atoms with E-state index in [0.29, 0.717) is 5.56 Å². The Morgan fingerprint density at radius 3 is 2.58 bits per heavy atom. The van der Waals surface area contributed by atoms with Crippen LogP contribution in [0.2, 0.25) is 0 Å². The second kappa shape index (κ2) is 7.70. The number of hydrogen-bond acceptors (Lipinski definition) is 4. The first-order valence-corrected chi connectivity index (χ1v) is 9.20. The molecule has 5 heteroatoms. The summed E-state index contributed by atoms with van der Waals surface area (Å²) in [6.45, 7) is 3.97. The second-order valence-corrected chi connectivity index (χ2v) is 7.46. The molecule has 2 aromatic rings. The third kappa shape index (κ3) is 3.94. The molecular formula is C21H19NO3S. The van der Waals surface area contributed by atoms with Crippen molar-refractivity contribution >= 4 is 28.4 Å². The fraction of sp³-hybridized carbons (Fsp3) is 0.190. The molecule has 3 rings (SSSR count). The number of rotatable bonds is 5. The van der Waals surface area contributed by atoms with Crippen molar-refractivity contribution < 1.29 is 14.7 Å². The Balaban J connectivity index is 1.86. The lowest BCUT2D eigenvalue weighted by Crippen LogP contribution is -2.16. The standard InChI is InChI=1S/C21H19NO3S/c1-13-10-19(16-8-9-22-14(2)11-16)26-18(13)12-17(21(24)25)20(23)15-6-4-3-5-7-15/h3-13,18H,1-2H3,(H,24,25)/b17-12-. The van der Waals surface area contributed by atoms with Gasteiger partial charge < -0.3 is 5.11 Å². The summed E-state index contributed by atoms with van der Waals surface area (Å²) in [7, 11) is 0. The monoisotopic (exact) mass is 365 g/mol. The Labute approximate surface area is 156 Å². The average molecular weight is 365 g/mol. The molecule has 1 aromatic heterocycles. The highest BCUT2D eigenvalue weighted by atomic mass is 32.2. The zero-order valence-corrected chi connectivity index (χ0v) is 15.4. The average Bonchev–Trinajstić information content (AvgIpc) is 3.00. The van der Waals surface area contributed by atoms with Crippen molar-refractivity contribution in [3.63, 3.8) is 0 Å². The lowest BCUT2D eigenvalue weighted by atomic mass is 9.99. The van der Waals surface area contributed by atoms with Crippen LogP contribution < -0.4 is 0 Å². The summed E-state index contributed by atoms with van der Waals surface area (Å²) in [6.07, 6.45) is 5.47. The second-order valence-electron chi connectivity index (χ2n) is 6.24. The highest BCUT2D eigenvalue weighted by Crippen LogP contribution is 2.43. The Bertz CT molecular complexity index is 902. The zero-order chi connectivity index (χ0) is 18.7. The van der Waals surface area contributed by atoms with Crippen molar-refractivity contribution in [1.29, 1.82) is 0 Å². The summed E-state index contributed by atoms with van der Waals surface area (Å²) in [5.74, 6) is -1.53. The third-order valence-electron chi connectivity index (χ3n) is 4.22. The van der Waals surface area contributed by atoms with Crippen molar-refractivity contribution in [2.45, 2.75) is 19.1 Å². The number of thioether (sulfide) groups is 1. The van der Waals surface area contributed by atoms with Crippen LogP contribution in [-0.2, 0) is 4.79 Å². The minimum Gasteiger partial charge on any atom is -0.478 e. The van der Waals surface area contributed by atoms with E-state index in [1.54, 1.807) is 54.4 Å². The maximum Gasteiger partial charge on any atom is 0.339 e. The maximum atomic E-state index is 12.6. The summed E-state index contributed by atoms with van der Waals surface area (Å²) >= 11 is 1.58. The summed E-state index contributed by atoms with van der Waals surface area (Å²) in [4.78, 5) is 29.6. The van der Waals surface area contributed by atoms with E-state index in [1.807, 2.05) is 26.0 Å². The van der Waals surface area contributed by atoms with Crippen LogP contribution in [0.25, 0.3) is 4.91 Å². The number of carboxylic acids is 1. The predicted molar refractivity (Wildman–Crippen MR) is 104 cm³/mol. The SMILES string of the molecule is Cc1cc(C2=CC(C)C(/C=C(\C(=O)O)C(=O)c3ccccc3)S2)ccn1. The maximum absolute atomic E-state index is 12.6. The molecule has 0 saturated carbocycles. The van der Waals surface area contributed by atoms with Gasteiger partial charge in [0.05, 0.1) is 0 Å². The van der Waals surface area contributed by atoms with E-state index < -0.39 is 11.8 Å². The van der Waals surface area contributed by atoms with Gasteiger partial charge in [-0.05, 0) is 30.5 Å². The minimum atomic E-state index is -1.19. The molecule has 1 N–H and O–H groups in total. The van der Waals surface area contributed by atoms with E-state index in [4.69, 9.17) is 0 Å². The molecule has 1 aliphatic rings. The van der Waals surface area contributed by atoms with Gasteiger partial charge in [-0.1, -0.05) is 49.4 Å². The molecule has 2 atom stereocenters. The van der Waals surface area contributed by atoms with Gasteiger partial charge in [-0.15, -0.1) is 11.8 Å². The lowest BCUT2D eigenvalue weighted by Gasteiger charge is -2.12. The Morgan fingerprint density at radius 2 is 1.92 bits per heavy atom. The zero-order valence-electron chi connectivity index (χ0n) is 14.5. The van der Waals surface area contributed by atoms with Crippen molar-refractivity contribution in [2.24, 2.45) is 5.92 Å². The highest BCUT2D eigenvalue weighted by molar-refractivity contribution is 8.09. The van der Waals surface area contributed by atoms with Gasteiger partial charge in [0.25, 0.3) is 0 Å². The summed E-state index contributed by atoms with van der Waals surface area (Å²) in [5, 5.41) is 9.45. The molecule has 0 saturated heterocycles. The van der Waals surface area contributed by atoms with Crippen molar-refractivity contribution in [2.75, 3.05) is 0 Å².